The highest BCUT2D eigenvalue weighted by atomic mass is 79.9. The molecule has 1 aliphatic rings. The predicted molar refractivity (Wildman–Crippen MR) is 95.0 cm³/mol. The van der Waals surface area contributed by atoms with Crippen LogP contribution >= 0.6 is 23.4 Å². The fraction of sp³-hybridized carbons (Fsp3) is 0.375. The first kappa shape index (κ1) is 23.7. The van der Waals surface area contributed by atoms with Crippen LogP contribution in [0.4, 0.5) is 0 Å². The molecule has 0 aliphatic carbocycles. The van der Waals surface area contributed by atoms with Gasteiger partial charge in [0.25, 0.3) is 0 Å². The quantitative estimate of drug-likeness (QED) is 0.200. The minimum absolute atomic E-state index is 0. The van der Waals surface area contributed by atoms with E-state index in [1.54, 1.807) is 11.8 Å². The first-order chi connectivity index (χ1) is 10.8. The Bertz CT molecular complexity index is 562. The largest absolute Gasteiger partial charge is 1.00 e. The number of hydrogen-bond acceptors (Lipinski definition) is 2. The van der Waals surface area contributed by atoms with E-state index in [9.17, 15) is 0 Å². The maximum atomic E-state index is 5.90. The molecule has 1 heterocycles. The van der Waals surface area contributed by atoms with Crippen LogP contribution in [-0.4, -0.2) is 23.8 Å². The monoisotopic (exact) mass is 496 g/mol. The lowest BCUT2D eigenvalue weighted by Gasteiger charge is -2.07. The highest BCUT2D eigenvalue weighted by molar-refractivity contribution is 8.13. The fourth-order valence-electron chi connectivity index (χ4n) is 2.01. The third kappa shape index (κ3) is 9.22. The van der Waals surface area contributed by atoms with E-state index < -0.39 is 0 Å². The van der Waals surface area contributed by atoms with Gasteiger partial charge in [0.05, 0.1) is 6.54 Å². The highest BCUT2D eigenvalue weighted by Crippen LogP contribution is 2.12. The van der Waals surface area contributed by atoms with Gasteiger partial charge in [-0.2, -0.15) is 4.99 Å². The number of allylic oxidation sites excluding steroid dienone is 1. The van der Waals surface area contributed by atoms with Gasteiger partial charge in [-0.15, -0.1) is 0 Å². The van der Waals surface area contributed by atoms with Crippen molar-refractivity contribution in [2.24, 2.45) is 4.99 Å². The molecule has 1 aliphatic heterocycles. The molecule has 0 fully saturated rings. The first-order valence-electron chi connectivity index (χ1n) is 7.55. The van der Waals surface area contributed by atoms with Crippen molar-refractivity contribution >= 4 is 34.9 Å². The van der Waals surface area contributed by atoms with Gasteiger partial charge in [-0.05, 0) is 31.0 Å². The molecular weight excluding hydrogens is 476 g/mol. The third-order valence-corrected chi connectivity index (χ3v) is 4.43. The number of nitrogens with two attached hydrogens (primary N) is 1. The molecule has 4 nitrogen and oxygen atoms in total. The molecule has 0 spiro atoms. The Labute approximate surface area is 174 Å². The summed E-state index contributed by atoms with van der Waals surface area (Å²) in [4.78, 5) is 7.90. The lowest BCUT2D eigenvalue weighted by atomic mass is 10.2. The van der Waals surface area contributed by atoms with E-state index >= 15 is 0 Å². The van der Waals surface area contributed by atoms with Gasteiger partial charge < -0.3 is 39.3 Å². The van der Waals surface area contributed by atoms with Crippen LogP contribution in [0.25, 0.3) is 0 Å². The zero-order valence-corrected chi connectivity index (χ0v) is 18.3. The molecule has 2 rings (SSSR count). The molecule has 0 unspecified atom stereocenters. The van der Waals surface area contributed by atoms with Gasteiger partial charge in [0.15, 0.2) is 11.4 Å². The molecule has 1 aromatic rings. The molecule has 0 radical (unpaired) electrons. The number of quaternary nitrogens is 1. The zero-order chi connectivity index (χ0) is 15.6. The lowest BCUT2D eigenvalue weighted by molar-refractivity contribution is -0.492. The first-order valence-corrected chi connectivity index (χ1v) is 8.92. The van der Waals surface area contributed by atoms with E-state index in [1.165, 1.54) is 11.3 Å². The molecule has 8 heteroatoms. The second kappa shape index (κ2) is 13.9. The summed E-state index contributed by atoms with van der Waals surface area (Å²) < 4.78 is 0. The molecule has 24 heavy (non-hydrogen) atoms. The number of rotatable bonds is 7. The van der Waals surface area contributed by atoms with Crippen molar-refractivity contribution in [3.63, 3.8) is 0 Å². The Kier molecular flexibility index (Phi) is 13.7. The van der Waals surface area contributed by atoms with Gasteiger partial charge in [-0.1, -0.05) is 35.5 Å². The van der Waals surface area contributed by atoms with E-state index in [0.717, 1.165) is 35.3 Å². The van der Waals surface area contributed by atoms with Crippen molar-refractivity contribution < 1.29 is 44.3 Å². The maximum Gasteiger partial charge on any atom is 0.332 e. The second-order valence-electron chi connectivity index (χ2n) is 4.93. The molecule has 4 N–H and O–H groups in total. The normalized spacial score (nSPS) is 13.1. The number of halogens is 3. The average molecular weight is 499 g/mol. The third-order valence-electron chi connectivity index (χ3n) is 3.14. The Balaban J connectivity index is 0.00000264. The van der Waals surface area contributed by atoms with Crippen molar-refractivity contribution in [3.8, 4) is 0 Å². The van der Waals surface area contributed by atoms with Crippen LogP contribution in [0.3, 0.4) is 0 Å². The molecule has 0 bridgehead atoms. The van der Waals surface area contributed by atoms with Crippen LogP contribution in [-0.2, 0) is 6.54 Å². The van der Waals surface area contributed by atoms with Gasteiger partial charge in [0.2, 0.25) is 5.70 Å². The van der Waals surface area contributed by atoms with E-state index in [0.29, 0.717) is 6.54 Å². The Morgan fingerprint density at radius 3 is 2.67 bits per heavy atom. The smallest absolute Gasteiger partial charge is 0.332 e. The Morgan fingerprint density at radius 1 is 1.29 bits per heavy atom. The van der Waals surface area contributed by atoms with Crippen LogP contribution < -0.4 is 49.6 Å². The second-order valence-corrected chi connectivity index (χ2v) is 6.45. The van der Waals surface area contributed by atoms with E-state index in [-0.39, 0.29) is 34.0 Å². The van der Waals surface area contributed by atoms with E-state index in [4.69, 9.17) is 11.6 Å². The number of hydrogen-bond donors (Lipinski definition) is 3. The van der Waals surface area contributed by atoms with Crippen LogP contribution in [0.1, 0.15) is 25.3 Å². The Morgan fingerprint density at radius 2 is 2.04 bits per heavy atom. The summed E-state index contributed by atoms with van der Waals surface area (Å²) in [7, 11) is 0. The van der Waals surface area contributed by atoms with Crippen molar-refractivity contribution in [2.75, 3.05) is 12.3 Å². The highest BCUT2D eigenvalue weighted by Gasteiger charge is 2.09. The predicted octanol–water partition coefficient (Wildman–Crippen LogP) is -5.15. The molecule has 0 aromatic heterocycles. The number of aliphatic imine (C=N–C) groups is 1. The summed E-state index contributed by atoms with van der Waals surface area (Å²) in [6, 6.07) is 7.85. The fourth-order valence-corrected chi connectivity index (χ4v) is 3.02. The van der Waals surface area contributed by atoms with Crippen molar-refractivity contribution in [1.29, 1.82) is 0 Å². The summed E-state index contributed by atoms with van der Waals surface area (Å²) in [6.45, 7) is 3.67. The average Bonchev–Trinajstić information content (AvgIpc) is 3.04. The summed E-state index contributed by atoms with van der Waals surface area (Å²) >= 11 is 7.69. The van der Waals surface area contributed by atoms with Crippen LogP contribution in [0.15, 0.2) is 41.2 Å². The zero-order valence-electron chi connectivity index (χ0n) is 13.6. The maximum absolute atomic E-state index is 5.90. The van der Waals surface area contributed by atoms with Gasteiger partial charge in [-0.3, -0.25) is 4.99 Å². The van der Waals surface area contributed by atoms with Gasteiger partial charge in [-0.25, -0.2) is 5.32 Å². The van der Waals surface area contributed by atoms with E-state index in [1.807, 2.05) is 35.9 Å². The Hall–Kier alpha value is -0.340. The standard InChI is InChI=1S/C16H21ClN4S.2BrH/c1-2-19-16(20-10-13-5-7-14(17)8-6-13)22-9-3-4-15-11-18-12-21-15;;/h5-8,11-12H,2-4,9-10H2,1H3,(H,18,21)(H,19,20);2*1H. The molecule has 0 saturated carbocycles. The molecular formula is C16H23Br2ClN4S. The lowest BCUT2D eigenvalue weighted by Crippen LogP contribution is -3.00. The number of amidine groups is 1. The minimum Gasteiger partial charge on any atom is -1.00 e. The van der Waals surface area contributed by atoms with Crippen molar-refractivity contribution in [2.45, 2.75) is 26.3 Å². The number of nitrogens with one attached hydrogen (secondary N) is 2. The molecule has 0 amide bonds. The van der Waals surface area contributed by atoms with Crippen LogP contribution in [0.5, 0.6) is 0 Å². The molecule has 1 aromatic carbocycles. The van der Waals surface area contributed by atoms with Gasteiger partial charge in [0, 0.05) is 23.7 Å². The minimum atomic E-state index is 0. The van der Waals surface area contributed by atoms with Crippen molar-refractivity contribution in [1.82, 2.24) is 5.32 Å². The van der Waals surface area contributed by atoms with Gasteiger partial charge in [0.1, 0.15) is 0 Å². The molecule has 134 valence electrons. The summed E-state index contributed by atoms with van der Waals surface area (Å²) in [5.74, 6) is 1.06. The van der Waals surface area contributed by atoms with Gasteiger partial charge >= 0.3 is 6.34 Å². The number of thioether (sulfide) groups is 1. The van der Waals surface area contributed by atoms with Crippen LogP contribution in [0.2, 0.25) is 5.02 Å². The van der Waals surface area contributed by atoms with Crippen LogP contribution in [0, 0.1) is 0 Å². The summed E-state index contributed by atoms with van der Waals surface area (Å²) in [6.07, 6.45) is 6.32. The van der Waals surface area contributed by atoms with Crippen molar-refractivity contribution in [3.05, 3.63) is 46.7 Å². The number of nitrogens with zero attached hydrogens (tertiary/aromatic N) is 1. The summed E-state index contributed by atoms with van der Waals surface area (Å²) in [5, 5.41) is 7.16. The summed E-state index contributed by atoms with van der Waals surface area (Å²) in [5.41, 5.74) is 2.47. The molecule has 0 atom stereocenters. The SMILES string of the molecule is CCNC(=NCc1ccc(Cl)cc1)SCCCC1=C[NH2+]C=[NH+]1.[Br-].[Br-]. The number of benzene rings is 1. The van der Waals surface area contributed by atoms with E-state index in [2.05, 4.69) is 28.4 Å². The topological polar surface area (TPSA) is 55.0 Å². The molecule has 0 saturated heterocycles.